The van der Waals surface area contributed by atoms with E-state index in [1.165, 1.54) is 68.8 Å². The number of methoxy groups -OCH3 is 2. The number of hydrazone groups is 1. The number of hydrogen-bond acceptors (Lipinski definition) is 10. The van der Waals surface area contributed by atoms with Gasteiger partial charge in [-0.1, -0.05) is 24.3 Å². The number of para-hydroxylation sites is 2. The number of carbonyl (C=O) groups is 1. The molecule has 0 aliphatic heterocycles. The summed E-state index contributed by atoms with van der Waals surface area (Å²) >= 11 is 0. The van der Waals surface area contributed by atoms with E-state index in [1.54, 1.807) is 0 Å². The van der Waals surface area contributed by atoms with Crippen molar-refractivity contribution in [2.75, 3.05) is 25.1 Å². The summed E-state index contributed by atoms with van der Waals surface area (Å²) in [7, 11) is -2.05. The van der Waals surface area contributed by atoms with Crippen LogP contribution in [0.25, 0.3) is 0 Å². The predicted molar refractivity (Wildman–Crippen MR) is 136 cm³/mol. The van der Waals surface area contributed by atoms with Gasteiger partial charge in [-0.15, -0.1) is 0 Å². The Morgan fingerprint density at radius 1 is 0.974 bits per heavy atom. The Morgan fingerprint density at radius 3 is 2.24 bits per heavy atom. The highest BCUT2D eigenvalue weighted by molar-refractivity contribution is 7.93. The Balaban J connectivity index is 2.01. The second kappa shape index (κ2) is 11.8. The van der Waals surface area contributed by atoms with Crippen LogP contribution in [0.1, 0.15) is 5.56 Å². The van der Waals surface area contributed by atoms with Crippen molar-refractivity contribution in [3.63, 3.8) is 0 Å². The van der Waals surface area contributed by atoms with E-state index < -0.39 is 42.9 Å². The van der Waals surface area contributed by atoms with Crippen LogP contribution in [0.5, 0.6) is 11.5 Å². The number of nitro benzene ring substituents is 2. The third-order valence-electron chi connectivity index (χ3n) is 5.10. The van der Waals surface area contributed by atoms with Crippen LogP contribution >= 0.6 is 0 Å². The summed E-state index contributed by atoms with van der Waals surface area (Å²) in [5, 5.41) is 26.4. The SMILES string of the molecule is COc1ccc(N(CC(=O)N/N=C/c2ccccc2[N+](=O)[O-])S(=O)(=O)c2ccccc2[N+](=O)[O-])c(OC)c1. The quantitative estimate of drug-likeness (QED) is 0.216. The van der Waals surface area contributed by atoms with Crippen molar-refractivity contribution in [1.29, 1.82) is 0 Å². The van der Waals surface area contributed by atoms with Crippen molar-refractivity contribution in [2.24, 2.45) is 5.10 Å². The highest BCUT2D eigenvalue weighted by Crippen LogP contribution is 2.37. The predicted octanol–water partition coefficient (Wildman–Crippen LogP) is 2.87. The van der Waals surface area contributed by atoms with E-state index in [4.69, 9.17) is 9.47 Å². The van der Waals surface area contributed by atoms with Gasteiger partial charge in [-0.2, -0.15) is 5.10 Å². The Morgan fingerprint density at radius 2 is 1.61 bits per heavy atom. The Kier molecular flexibility index (Phi) is 8.54. The van der Waals surface area contributed by atoms with Crippen molar-refractivity contribution in [1.82, 2.24) is 5.43 Å². The Hall–Kier alpha value is -5.05. The zero-order valence-electron chi connectivity index (χ0n) is 20.0. The molecule has 3 rings (SSSR count). The molecule has 0 heterocycles. The van der Waals surface area contributed by atoms with E-state index in [0.717, 1.165) is 18.3 Å². The Labute approximate surface area is 216 Å². The summed E-state index contributed by atoms with van der Waals surface area (Å²) in [6.07, 6.45) is 1.03. The van der Waals surface area contributed by atoms with Crippen LogP contribution in [0.15, 0.2) is 76.7 Å². The molecule has 3 aromatic carbocycles. The van der Waals surface area contributed by atoms with Crippen molar-refractivity contribution in [3.05, 3.63) is 92.5 Å². The van der Waals surface area contributed by atoms with Gasteiger partial charge in [-0.05, 0) is 24.3 Å². The van der Waals surface area contributed by atoms with E-state index in [0.29, 0.717) is 10.1 Å². The van der Waals surface area contributed by atoms with Crippen molar-refractivity contribution >= 4 is 39.2 Å². The number of amides is 1. The molecule has 0 fully saturated rings. The highest BCUT2D eigenvalue weighted by atomic mass is 32.2. The van der Waals surface area contributed by atoms with E-state index in [-0.39, 0.29) is 22.7 Å². The van der Waals surface area contributed by atoms with Crippen molar-refractivity contribution in [2.45, 2.75) is 4.90 Å². The standard InChI is InChI=1S/C23H21N5O9S/c1-36-17-11-12-19(21(13-17)37-2)26(38(34,35)22-10-6-5-9-20(22)28(32)33)15-23(29)25-24-14-16-7-3-4-8-18(16)27(30)31/h3-14H,15H2,1-2H3,(H,25,29)/b24-14+. The van der Waals surface area contributed by atoms with Crippen molar-refractivity contribution < 1.29 is 32.5 Å². The number of benzene rings is 3. The second-order valence-electron chi connectivity index (χ2n) is 7.38. The average molecular weight is 544 g/mol. The van der Waals surface area contributed by atoms with Crippen LogP contribution in [0.4, 0.5) is 17.1 Å². The fourth-order valence-corrected chi connectivity index (χ4v) is 4.93. The highest BCUT2D eigenvalue weighted by Gasteiger charge is 2.34. The maximum atomic E-state index is 13.7. The molecule has 0 saturated heterocycles. The molecule has 15 heteroatoms. The first-order valence-electron chi connectivity index (χ1n) is 10.6. The van der Waals surface area contributed by atoms with E-state index in [9.17, 15) is 33.4 Å². The fraction of sp³-hybridized carbons (Fsp3) is 0.130. The lowest BCUT2D eigenvalue weighted by Gasteiger charge is -2.25. The molecule has 0 spiro atoms. The zero-order chi connectivity index (χ0) is 27.9. The molecule has 3 aromatic rings. The molecule has 1 N–H and O–H groups in total. The molecule has 198 valence electrons. The van der Waals surface area contributed by atoms with Crippen molar-refractivity contribution in [3.8, 4) is 11.5 Å². The molecular weight excluding hydrogens is 522 g/mol. The van der Waals surface area contributed by atoms with Crippen LogP contribution in [0.3, 0.4) is 0 Å². The maximum Gasteiger partial charge on any atom is 0.289 e. The molecular formula is C23H21N5O9S. The summed E-state index contributed by atoms with van der Waals surface area (Å²) < 4.78 is 38.4. The molecule has 0 radical (unpaired) electrons. The van der Waals surface area contributed by atoms with Gasteiger partial charge in [0.2, 0.25) is 0 Å². The summed E-state index contributed by atoms with van der Waals surface area (Å²) in [6.45, 7) is -0.870. The molecule has 0 saturated carbocycles. The second-order valence-corrected chi connectivity index (χ2v) is 9.21. The van der Waals surface area contributed by atoms with Crippen LogP contribution < -0.4 is 19.2 Å². The summed E-state index contributed by atoms with van der Waals surface area (Å²) in [5.74, 6) is -0.616. The lowest BCUT2D eigenvalue weighted by atomic mass is 10.2. The largest absolute Gasteiger partial charge is 0.497 e. The summed E-state index contributed by atoms with van der Waals surface area (Å²) in [6, 6.07) is 14.4. The van der Waals surface area contributed by atoms with Gasteiger partial charge in [0.05, 0.1) is 41.5 Å². The van der Waals surface area contributed by atoms with Gasteiger partial charge in [-0.25, -0.2) is 13.8 Å². The average Bonchev–Trinajstić information content (AvgIpc) is 2.91. The first-order valence-corrected chi connectivity index (χ1v) is 12.1. The van der Waals surface area contributed by atoms with Crippen LogP contribution in [-0.2, 0) is 14.8 Å². The lowest BCUT2D eigenvalue weighted by Crippen LogP contribution is -2.40. The van der Waals surface area contributed by atoms with Gasteiger partial charge in [0.1, 0.15) is 18.0 Å². The molecule has 0 aliphatic carbocycles. The fourth-order valence-electron chi connectivity index (χ4n) is 3.34. The number of anilines is 1. The smallest absolute Gasteiger partial charge is 0.289 e. The number of hydrogen-bond donors (Lipinski definition) is 1. The third kappa shape index (κ3) is 6.01. The monoisotopic (exact) mass is 543 g/mol. The van der Waals surface area contributed by atoms with Gasteiger partial charge in [0, 0.05) is 18.2 Å². The number of ether oxygens (including phenoxy) is 2. The number of rotatable bonds is 11. The van der Waals surface area contributed by atoms with Crippen LogP contribution in [-0.4, -0.2) is 51.2 Å². The molecule has 0 bridgehead atoms. The van der Waals surface area contributed by atoms with Crippen LogP contribution in [0.2, 0.25) is 0 Å². The van der Waals surface area contributed by atoms with Gasteiger partial charge >= 0.3 is 0 Å². The first-order chi connectivity index (χ1) is 18.1. The maximum absolute atomic E-state index is 13.7. The molecule has 14 nitrogen and oxygen atoms in total. The van der Waals surface area contributed by atoms with Crippen LogP contribution in [0, 0.1) is 20.2 Å². The normalized spacial score (nSPS) is 11.1. The minimum atomic E-state index is -4.70. The molecule has 38 heavy (non-hydrogen) atoms. The zero-order valence-corrected chi connectivity index (χ0v) is 20.8. The minimum Gasteiger partial charge on any atom is -0.497 e. The Bertz CT molecular complexity index is 1510. The molecule has 0 atom stereocenters. The molecule has 0 aliphatic rings. The van der Waals surface area contributed by atoms with Gasteiger partial charge < -0.3 is 9.47 Å². The van der Waals surface area contributed by atoms with E-state index in [2.05, 4.69) is 10.5 Å². The number of carbonyl (C=O) groups excluding carboxylic acids is 1. The minimum absolute atomic E-state index is 0.00252. The summed E-state index contributed by atoms with van der Waals surface area (Å²) in [4.78, 5) is 33.4. The third-order valence-corrected chi connectivity index (χ3v) is 6.91. The van der Waals surface area contributed by atoms with Gasteiger partial charge in [0.25, 0.3) is 27.3 Å². The number of nitro groups is 2. The van der Waals surface area contributed by atoms with Gasteiger partial charge in [0.15, 0.2) is 4.90 Å². The molecule has 0 unspecified atom stereocenters. The van der Waals surface area contributed by atoms with Gasteiger partial charge in [-0.3, -0.25) is 29.3 Å². The first kappa shape index (κ1) is 27.5. The van der Waals surface area contributed by atoms with E-state index in [1.807, 2.05) is 0 Å². The molecule has 0 aromatic heterocycles. The lowest BCUT2D eigenvalue weighted by molar-refractivity contribution is -0.387. The topological polar surface area (TPSA) is 184 Å². The number of sulfonamides is 1. The number of nitrogens with zero attached hydrogens (tertiary/aromatic N) is 4. The van der Waals surface area contributed by atoms with E-state index >= 15 is 0 Å². The number of nitrogens with one attached hydrogen (secondary N) is 1. The molecule has 1 amide bonds. The summed E-state index contributed by atoms with van der Waals surface area (Å²) in [5.41, 5.74) is 1.16.